The van der Waals surface area contributed by atoms with Gasteiger partial charge in [0.1, 0.15) is 19.3 Å². The molecule has 0 aliphatic carbocycles. The summed E-state index contributed by atoms with van der Waals surface area (Å²) in [5, 5.41) is 2.99. The van der Waals surface area contributed by atoms with Gasteiger partial charge in [0.05, 0.1) is 33.8 Å². The summed E-state index contributed by atoms with van der Waals surface area (Å²) in [4.78, 5) is 39.9. The lowest BCUT2D eigenvalue weighted by Crippen LogP contribution is -2.47. The molecule has 0 radical (unpaired) electrons. The number of amides is 1. The van der Waals surface area contributed by atoms with Crippen LogP contribution in [0.1, 0.15) is 213 Å². The lowest BCUT2D eigenvalue weighted by atomic mass is 10.0. The zero-order valence-electron chi connectivity index (χ0n) is 48.4. The first-order valence-corrected chi connectivity index (χ1v) is 31.0. The van der Waals surface area contributed by atoms with Gasteiger partial charge >= 0.3 is 5.97 Å². The van der Waals surface area contributed by atoms with E-state index in [9.17, 15) is 19.0 Å². The molecule has 0 rings (SSSR count). The van der Waals surface area contributed by atoms with E-state index in [2.05, 4.69) is 86.8 Å². The third-order valence-corrected chi connectivity index (χ3v) is 13.2. The number of allylic oxidation sites excluding steroid dienone is 21. The fourth-order valence-electron chi connectivity index (χ4n) is 7.65. The van der Waals surface area contributed by atoms with Gasteiger partial charge in [0, 0.05) is 12.8 Å². The van der Waals surface area contributed by atoms with Crippen LogP contribution < -0.4 is 10.2 Å². The number of nitrogens with zero attached hydrogens (tertiary/aromatic N) is 1. The van der Waals surface area contributed by atoms with E-state index in [4.69, 9.17) is 13.8 Å². The molecule has 426 valence electrons. The zero-order valence-corrected chi connectivity index (χ0v) is 49.3. The number of phosphoric acid groups is 1. The van der Waals surface area contributed by atoms with Crippen molar-refractivity contribution in [3.05, 3.63) is 134 Å². The van der Waals surface area contributed by atoms with Crippen molar-refractivity contribution < 1.29 is 37.3 Å². The third kappa shape index (κ3) is 54.7. The molecule has 0 bridgehead atoms. The molecule has 0 aliphatic heterocycles. The molecule has 1 amide bonds. The van der Waals surface area contributed by atoms with Crippen LogP contribution in [0.15, 0.2) is 134 Å². The Balaban J connectivity index is 5.51. The number of likely N-dealkylation sites (N-methyl/N-ethyl adjacent to an activating group) is 1. The summed E-state index contributed by atoms with van der Waals surface area (Å²) in [6, 6.07) is -0.935. The van der Waals surface area contributed by atoms with Crippen LogP contribution in [0.2, 0.25) is 0 Å². The molecule has 0 heterocycles. The summed E-state index contributed by atoms with van der Waals surface area (Å²) in [7, 11) is 1.11. The lowest BCUT2D eigenvalue weighted by Gasteiger charge is -2.30. The van der Waals surface area contributed by atoms with Gasteiger partial charge in [-0.25, -0.2) is 0 Å². The van der Waals surface area contributed by atoms with Crippen molar-refractivity contribution in [3.8, 4) is 0 Å². The minimum absolute atomic E-state index is 0.0449. The SMILES string of the molecule is CC\C=C/C=C/C=C/C=C\C=C\C=C\CCCCCC(=O)NC(COP(=O)([O-])OCC[N+](C)(C)C)C(/C=C/CCCCCCCCCCCCC)OC(=O)CCCCC/C=C\C/C=C\C/C=C\C/C=C\CCCCC. The number of unbranched alkanes of at least 4 members (excludes halogenated alkanes) is 20. The van der Waals surface area contributed by atoms with Crippen molar-refractivity contribution in [1.29, 1.82) is 0 Å². The number of hydrogen-bond acceptors (Lipinski definition) is 7. The Kier molecular flexibility index (Phi) is 50.8. The maximum atomic E-state index is 13.5. The van der Waals surface area contributed by atoms with Gasteiger partial charge in [-0.05, 0) is 96.0 Å². The van der Waals surface area contributed by atoms with E-state index in [-0.39, 0.29) is 31.3 Å². The van der Waals surface area contributed by atoms with Crippen LogP contribution in [0.4, 0.5) is 0 Å². The first-order valence-electron chi connectivity index (χ1n) is 29.6. The van der Waals surface area contributed by atoms with Crippen molar-refractivity contribution in [2.45, 2.75) is 226 Å². The van der Waals surface area contributed by atoms with Crippen molar-refractivity contribution in [1.82, 2.24) is 5.32 Å². The molecule has 75 heavy (non-hydrogen) atoms. The van der Waals surface area contributed by atoms with Gasteiger partial charge in [0.25, 0.3) is 7.82 Å². The fraction of sp³-hybridized carbons (Fsp3) is 0.631. The Hall–Kier alpha value is -3.85. The maximum absolute atomic E-state index is 13.5. The van der Waals surface area contributed by atoms with E-state index in [0.29, 0.717) is 23.9 Å². The smallest absolute Gasteiger partial charge is 0.306 e. The van der Waals surface area contributed by atoms with Gasteiger partial charge in [-0.2, -0.15) is 0 Å². The van der Waals surface area contributed by atoms with E-state index >= 15 is 0 Å². The molecule has 1 N–H and O–H groups in total. The quantitative estimate of drug-likeness (QED) is 0.0161. The molecule has 0 aliphatic rings. The van der Waals surface area contributed by atoms with E-state index in [1.54, 1.807) is 6.08 Å². The zero-order chi connectivity index (χ0) is 55.0. The van der Waals surface area contributed by atoms with Crippen LogP contribution in [0.5, 0.6) is 0 Å². The van der Waals surface area contributed by atoms with Gasteiger partial charge in [0.15, 0.2) is 0 Å². The first kappa shape index (κ1) is 71.2. The van der Waals surface area contributed by atoms with E-state index in [1.165, 1.54) is 83.5 Å². The molecular weight excluding hydrogens is 952 g/mol. The van der Waals surface area contributed by atoms with Gasteiger partial charge in [-0.15, -0.1) is 0 Å². The standard InChI is InChI=1S/C65H109N2O7P/c1-7-10-13-16-19-22-25-28-30-32-33-35-37-40-43-46-49-52-55-58-65(69)74-63(56-53-50-47-44-41-38-27-24-21-18-15-12-9-3)62(61-73-75(70,71)72-60-59-67(4,5)6)66-64(68)57-54-51-48-45-42-39-36-34-31-29-26-23-20-17-14-11-8-2/h11,14,17,19-20,22-23,26,28-31,33-36,39-40,42-43,53,56,62-63H,7-10,12-13,15-16,18,21,24-25,27,32,37-38,41,44-52,54-55,57-61H2,1-6H3,(H-,66,68,70,71)/b14-11-,20-17+,22-19-,26-23+,30-28-,31-29-,35-33-,36-34+,42-39+,43-40-,56-53+. The van der Waals surface area contributed by atoms with Crippen molar-refractivity contribution in [2.75, 3.05) is 40.9 Å². The normalized spacial score (nSPS) is 14.7. The topological polar surface area (TPSA) is 114 Å². The van der Waals surface area contributed by atoms with Gasteiger partial charge in [-0.3, -0.25) is 14.2 Å². The minimum Gasteiger partial charge on any atom is -0.756 e. The highest BCUT2D eigenvalue weighted by Crippen LogP contribution is 2.38. The molecule has 0 saturated carbocycles. The number of rotatable bonds is 51. The second-order valence-electron chi connectivity index (χ2n) is 20.6. The Bertz CT molecular complexity index is 1740. The Morgan fingerprint density at radius 1 is 0.493 bits per heavy atom. The summed E-state index contributed by atoms with van der Waals surface area (Å²) in [6.07, 6.45) is 75.6. The van der Waals surface area contributed by atoms with E-state index in [0.717, 1.165) is 83.5 Å². The molecule has 0 aromatic heterocycles. The van der Waals surface area contributed by atoms with Crippen LogP contribution in [0.25, 0.3) is 0 Å². The van der Waals surface area contributed by atoms with Gasteiger partial charge in [0.2, 0.25) is 5.91 Å². The predicted octanol–water partition coefficient (Wildman–Crippen LogP) is 17.5. The van der Waals surface area contributed by atoms with E-state index < -0.39 is 26.6 Å². The van der Waals surface area contributed by atoms with Crippen LogP contribution in [0.3, 0.4) is 0 Å². The average molecular weight is 1060 g/mol. The monoisotopic (exact) mass is 1060 g/mol. The molecule has 3 unspecified atom stereocenters. The summed E-state index contributed by atoms with van der Waals surface area (Å²) in [5.74, 6) is -0.640. The Morgan fingerprint density at radius 3 is 1.43 bits per heavy atom. The first-order chi connectivity index (χ1) is 36.4. The fourth-order valence-corrected chi connectivity index (χ4v) is 8.38. The number of carbonyl (C=O) groups is 2. The second-order valence-corrected chi connectivity index (χ2v) is 22.0. The minimum atomic E-state index is -4.73. The molecule has 10 heteroatoms. The number of hydrogen-bond donors (Lipinski definition) is 1. The van der Waals surface area contributed by atoms with Crippen LogP contribution >= 0.6 is 7.82 Å². The second kappa shape index (κ2) is 53.5. The van der Waals surface area contributed by atoms with Crippen LogP contribution in [-0.4, -0.2) is 69.4 Å². The van der Waals surface area contributed by atoms with Crippen molar-refractivity contribution in [3.63, 3.8) is 0 Å². The molecule has 0 fully saturated rings. The number of quaternary nitrogens is 1. The van der Waals surface area contributed by atoms with Crippen molar-refractivity contribution in [2.24, 2.45) is 0 Å². The lowest BCUT2D eigenvalue weighted by molar-refractivity contribution is -0.870. The summed E-state index contributed by atoms with van der Waals surface area (Å²) < 4.78 is 30.2. The van der Waals surface area contributed by atoms with Gasteiger partial charge in [-0.1, -0.05) is 238 Å². The average Bonchev–Trinajstić information content (AvgIpc) is 3.37. The number of carbonyl (C=O) groups excluding carboxylic acids is 2. The number of phosphoric ester groups is 1. The highest BCUT2D eigenvalue weighted by molar-refractivity contribution is 7.45. The highest BCUT2D eigenvalue weighted by Gasteiger charge is 2.27. The summed E-state index contributed by atoms with van der Waals surface area (Å²) in [6.45, 7) is 6.58. The molecule has 0 aromatic carbocycles. The molecule has 0 spiro atoms. The maximum Gasteiger partial charge on any atom is 0.306 e. The Morgan fingerprint density at radius 2 is 0.907 bits per heavy atom. The number of nitrogens with one attached hydrogen (secondary N) is 1. The largest absolute Gasteiger partial charge is 0.756 e. The summed E-state index contributed by atoms with van der Waals surface area (Å²) in [5.41, 5.74) is 0. The molecule has 9 nitrogen and oxygen atoms in total. The third-order valence-electron chi connectivity index (χ3n) is 12.2. The Labute approximate surface area is 460 Å². The molecular formula is C65H109N2O7P. The highest BCUT2D eigenvalue weighted by atomic mass is 31.2. The number of esters is 1. The van der Waals surface area contributed by atoms with Crippen LogP contribution in [-0.2, 0) is 27.9 Å². The summed E-state index contributed by atoms with van der Waals surface area (Å²) >= 11 is 0. The molecule has 0 saturated heterocycles. The molecule has 3 atom stereocenters. The van der Waals surface area contributed by atoms with Crippen molar-refractivity contribution >= 4 is 19.7 Å². The van der Waals surface area contributed by atoms with E-state index in [1.807, 2.05) is 88.0 Å². The van der Waals surface area contributed by atoms with Crippen LogP contribution in [0, 0.1) is 0 Å². The number of ether oxygens (including phenoxy) is 1. The molecule has 0 aromatic rings. The van der Waals surface area contributed by atoms with Gasteiger partial charge < -0.3 is 28.5 Å². The predicted molar refractivity (Wildman–Crippen MR) is 320 cm³/mol.